The van der Waals surface area contributed by atoms with E-state index in [0.717, 1.165) is 42.8 Å². The SMILES string of the molecule is COc1cc(/C=C2\SC(=O)N(Cc3ccc4ccccc4c3)C2=O)cc(I)c1OCc1ccc(C)cc1. The third-order valence-corrected chi connectivity index (χ3v) is 7.79. The minimum atomic E-state index is -0.295. The number of halogens is 1. The first-order valence-electron chi connectivity index (χ1n) is 11.7. The van der Waals surface area contributed by atoms with Gasteiger partial charge < -0.3 is 9.47 Å². The van der Waals surface area contributed by atoms with Gasteiger partial charge in [-0.2, -0.15) is 0 Å². The number of benzene rings is 4. The average molecular weight is 621 g/mol. The molecule has 0 radical (unpaired) electrons. The molecule has 7 heteroatoms. The minimum Gasteiger partial charge on any atom is -0.493 e. The lowest BCUT2D eigenvalue weighted by atomic mass is 10.1. The summed E-state index contributed by atoms with van der Waals surface area (Å²) in [5.74, 6) is 0.919. The highest BCUT2D eigenvalue weighted by molar-refractivity contribution is 14.1. The Morgan fingerprint density at radius 1 is 0.919 bits per heavy atom. The number of methoxy groups -OCH3 is 1. The molecular formula is C30H24INO4S. The molecule has 186 valence electrons. The molecule has 5 nitrogen and oxygen atoms in total. The molecule has 1 aliphatic rings. The number of aryl methyl sites for hydroxylation is 1. The van der Waals surface area contributed by atoms with E-state index >= 15 is 0 Å². The molecule has 0 bridgehead atoms. The van der Waals surface area contributed by atoms with E-state index in [-0.39, 0.29) is 17.7 Å². The molecule has 0 spiro atoms. The largest absolute Gasteiger partial charge is 0.493 e. The molecule has 37 heavy (non-hydrogen) atoms. The van der Waals surface area contributed by atoms with E-state index < -0.39 is 0 Å². The Balaban J connectivity index is 1.34. The monoisotopic (exact) mass is 621 g/mol. The van der Waals surface area contributed by atoms with Crippen LogP contribution in [0.15, 0.2) is 83.8 Å². The molecule has 5 rings (SSSR count). The first-order valence-corrected chi connectivity index (χ1v) is 13.6. The second-order valence-corrected chi connectivity index (χ2v) is 10.9. The highest BCUT2D eigenvalue weighted by atomic mass is 127. The molecule has 0 aliphatic carbocycles. The van der Waals surface area contributed by atoms with E-state index in [2.05, 4.69) is 34.7 Å². The maximum atomic E-state index is 13.1. The average Bonchev–Trinajstić information content (AvgIpc) is 3.16. The summed E-state index contributed by atoms with van der Waals surface area (Å²) in [4.78, 5) is 27.5. The number of hydrogen-bond acceptors (Lipinski definition) is 5. The molecule has 0 N–H and O–H groups in total. The summed E-state index contributed by atoms with van der Waals surface area (Å²) in [5, 5.41) is 1.92. The summed E-state index contributed by atoms with van der Waals surface area (Å²) in [6.45, 7) is 2.70. The fourth-order valence-electron chi connectivity index (χ4n) is 4.11. The highest BCUT2D eigenvalue weighted by Gasteiger charge is 2.35. The van der Waals surface area contributed by atoms with Crippen LogP contribution in [-0.2, 0) is 17.9 Å². The van der Waals surface area contributed by atoms with Crippen LogP contribution in [0.4, 0.5) is 4.79 Å². The zero-order chi connectivity index (χ0) is 25.9. The maximum absolute atomic E-state index is 13.1. The zero-order valence-electron chi connectivity index (χ0n) is 20.4. The number of thioether (sulfide) groups is 1. The van der Waals surface area contributed by atoms with Gasteiger partial charge in [-0.05, 0) is 93.0 Å². The Hall–Kier alpha value is -3.30. The fraction of sp³-hybridized carbons (Fsp3) is 0.133. The molecule has 4 aromatic carbocycles. The van der Waals surface area contributed by atoms with Crippen LogP contribution in [0.5, 0.6) is 11.5 Å². The Bertz CT molecular complexity index is 1530. The van der Waals surface area contributed by atoms with Crippen molar-refractivity contribution in [2.45, 2.75) is 20.1 Å². The van der Waals surface area contributed by atoms with E-state index in [4.69, 9.17) is 9.47 Å². The topological polar surface area (TPSA) is 55.8 Å². The predicted molar refractivity (Wildman–Crippen MR) is 157 cm³/mol. The summed E-state index contributed by atoms with van der Waals surface area (Å²) in [5.41, 5.74) is 3.93. The minimum absolute atomic E-state index is 0.236. The molecule has 1 fully saturated rings. The molecule has 0 unspecified atom stereocenters. The molecule has 1 aliphatic heterocycles. The Kier molecular flexibility index (Phi) is 7.53. The smallest absolute Gasteiger partial charge is 0.293 e. The normalized spacial score (nSPS) is 14.6. The van der Waals surface area contributed by atoms with Gasteiger partial charge in [-0.1, -0.05) is 66.2 Å². The van der Waals surface area contributed by atoms with Crippen molar-refractivity contribution in [1.82, 2.24) is 4.90 Å². The first-order chi connectivity index (χ1) is 17.9. The van der Waals surface area contributed by atoms with Crippen LogP contribution in [0.2, 0.25) is 0 Å². The van der Waals surface area contributed by atoms with E-state index in [0.29, 0.717) is 23.0 Å². The molecule has 0 saturated carbocycles. The van der Waals surface area contributed by atoms with Gasteiger partial charge >= 0.3 is 0 Å². The molecule has 0 aromatic heterocycles. The number of carbonyl (C=O) groups is 2. The summed E-state index contributed by atoms with van der Waals surface area (Å²) < 4.78 is 12.5. The second-order valence-electron chi connectivity index (χ2n) is 8.76. The van der Waals surface area contributed by atoms with Crippen LogP contribution in [0.25, 0.3) is 16.8 Å². The number of ether oxygens (including phenoxy) is 2. The van der Waals surface area contributed by atoms with Gasteiger partial charge in [0.2, 0.25) is 0 Å². The third kappa shape index (κ3) is 5.67. The third-order valence-electron chi connectivity index (χ3n) is 6.08. The molecule has 1 heterocycles. The molecule has 0 atom stereocenters. The van der Waals surface area contributed by atoms with Crippen molar-refractivity contribution in [2.24, 2.45) is 0 Å². The Morgan fingerprint density at radius 3 is 2.41 bits per heavy atom. The van der Waals surface area contributed by atoms with Crippen molar-refractivity contribution in [3.05, 3.63) is 110 Å². The van der Waals surface area contributed by atoms with Crippen LogP contribution in [0.3, 0.4) is 0 Å². The van der Waals surface area contributed by atoms with Crippen molar-refractivity contribution in [3.63, 3.8) is 0 Å². The maximum Gasteiger partial charge on any atom is 0.293 e. The van der Waals surface area contributed by atoms with Crippen LogP contribution in [0, 0.1) is 10.5 Å². The first kappa shape index (κ1) is 25.4. The number of imide groups is 1. The van der Waals surface area contributed by atoms with E-state index in [1.54, 1.807) is 13.2 Å². The lowest BCUT2D eigenvalue weighted by molar-refractivity contribution is -0.123. The number of hydrogen-bond donors (Lipinski definition) is 0. The summed E-state index contributed by atoms with van der Waals surface area (Å²) in [7, 11) is 1.59. The van der Waals surface area contributed by atoms with Crippen molar-refractivity contribution in [3.8, 4) is 11.5 Å². The van der Waals surface area contributed by atoms with Crippen molar-refractivity contribution in [1.29, 1.82) is 0 Å². The van der Waals surface area contributed by atoms with Crippen molar-refractivity contribution < 1.29 is 19.1 Å². The van der Waals surface area contributed by atoms with Gasteiger partial charge in [0.25, 0.3) is 11.1 Å². The fourth-order valence-corrected chi connectivity index (χ4v) is 5.73. The Labute approximate surface area is 233 Å². The number of carbonyl (C=O) groups excluding carboxylic acids is 2. The van der Waals surface area contributed by atoms with Crippen LogP contribution >= 0.6 is 34.4 Å². The Morgan fingerprint density at radius 2 is 1.65 bits per heavy atom. The molecule has 1 saturated heterocycles. The van der Waals surface area contributed by atoms with Gasteiger partial charge in [-0.15, -0.1) is 0 Å². The highest BCUT2D eigenvalue weighted by Crippen LogP contribution is 2.38. The van der Waals surface area contributed by atoms with E-state index in [1.165, 1.54) is 10.5 Å². The van der Waals surface area contributed by atoms with Crippen molar-refractivity contribution >= 4 is 62.3 Å². The van der Waals surface area contributed by atoms with E-state index in [9.17, 15) is 9.59 Å². The molecule has 2 amide bonds. The number of fused-ring (bicyclic) bond motifs is 1. The van der Waals surface area contributed by atoms with Gasteiger partial charge in [0.15, 0.2) is 11.5 Å². The number of rotatable bonds is 7. The number of amides is 2. The summed E-state index contributed by atoms with van der Waals surface area (Å²) >= 11 is 3.16. The van der Waals surface area contributed by atoms with Crippen LogP contribution in [-0.4, -0.2) is 23.2 Å². The van der Waals surface area contributed by atoms with Crippen molar-refractivity contribution in [2.75, 3.05) is 7.11 Å². The van der Waals surface area contributed by atoms with Gasteiger partial charge in [-0.25, -0.2) is 0 Å². The van der Waals surface area contributed by atoms with Crippen LogP contribution in [0.1, 0.15) is 22.3 Å². The lowest BCUT2D eigenvalue weighted by Gasteiger charge is -2.14. The van der Waals surface area contributed by atoms with Gasteiger partial charge in [0, 0.05) is 0 Å². The summed E-state index contributed by atoms with van der Waals surface area (Å²) in [6.07, 6.45) is 1.74. The molecular weight excluding hydrogens is 597 g/mol. The second kappa shape index (κ2) is 11.0. The summed E-state index contributed by atoms with van der Waals surface area (Å²) in [6, 6.07) is 25.9. The molecule has 4 aromatic rings. The quantitative estimate of drug-likeness (QED) is 0.157. The lowest BCUT2D eigenvalue weighted by Crippen LogP contribution is -2.27. The van der Waals surface area contributed by atoms with Gasteiger partial charge in [0.1, 0.15) is 6.61 Å². The van der Waals surface area contributed by atoms with Crippen LogP contribution < -0.4 is 9.47 Å². The van der Waals surface area contributed by atoms with Gasteiger partial charge in [0.05, 0.1) is 22.1 Å². The zero-order valence-corrected chi connectivity index (χ0v) is 23.3. The van der Waals surface area contributed by atoms with E-state index in [1.807, 2.05) is 73.7 Å². The number of nitrogens with zero attached hydrogens (tertiary/aromatic N) is 1. The predicted octanol–water partition coefficient (Wildman–Crippen LogP) is 7.58. The standard InChI is InChI=1S/C30H24INO4S/c1-19-7-9-20(10-8-19)18-36-28-25(31)14-22(15-26(28)35-2)16-27-29(33)32(30(34)37-27)17-21-11-12-23-5-3-4-6-24(23)13-21/h3-16H,17-18H2,1-2H3/b27-16-. The van der Waals surface area contributed by atoms with Gasteiger partial charge in [-0.3, -0.25) is 14.5 Å².